The van der Waals surface area contributed by atoms with Crippen LogP contribution >= 0.6 is 11.3 Å². The first kappa shape index (κ1) is 11.3. The second-order valence-electron chi connectivity index (χ2n) is 3.65. The summed E-state index contributed by atoms with van der Waals surface area (Å²) in [6.45, 7) is 0. The van der Waals surface area contributed by atoms with Crippen molar-refractivity contribution >= 4 is 11.3 Å². The van der Waals surface area contributed by atoms with Crippen LogP contribution in [0, 0.1) is 0 Å². The third kappa shape index (κ3) is 3.16. The number of thiazole rings is 1. The quantitative estimate of drug-likeness (QED) is 0.593. The molecule has 0 radical (unpaired) electrons. The minimum atomic E-state index is 0.269. The van der Waals surface area contributed by atoms with Crippen LogP contribution in [0.2, 0.25) is 0 Å². The summed E-state index contributed by atoms with van der Waals surface area (Å²) in [4.78, 5) is 5.30. The molecule has 4 nitrogen and oxygen atoms in total. The average molecular weight is 237 g/mol. The molecule has 0 spiro atoms. The summed E-state index contributed by atoms with van der Waals surface area (Å²) in [6.07, 6.45) is 6.37. The SMILES string of the molecule is NNC(CCc1ccco1)Cc1cncs1. The van der Waals surface area contributed by atoms with Gasteiger partial charge < -0.3 is 4.42 Å². The molecule has 16 heavy (non-hydrogen) atoms. The molecule has 0 aliphatic rings. The Hall–Kier alpha value is -1.17. The summed E-state index contributed by atoms with van der Waals surface area (Å²) in [5.41, 5.74) is 4.68. The highest BCUT2D eigenvalue weighted by Crippen LogP contribution is 2.12. The Morgan fingerprint density at radius 2 is 2.50 bits per heavy atom. The number of hydrogen-bond acceptors (Lipinski definition) is 5. The normalized spacial score (nSPS) is 12.8. The van der Waals surface area contributed by atoms with Crippen LogP contribution in [0.4, 0.5) is 0 Å². The number of nitrogens with two attached hydrogens (primary N) is 1. The zero-order valence-corrected chi connectivity index (χ0v) is 9.74. The standard InChI is InChI=1S/C11H15N3OS/c12-14-9(6-11-7-13-8-16-11)3-4-10-2-1-5-15-10/h1-2,5,7-9,14H,3-4,6,12H2. The maximum Gasteiger partial charge on any atom is 0.103 e. The van der Waals surface area contributed by atoms with E-state index in [4.69, 9.17) is 10.3 Å². The van der Waals surface area contributed by atoms with Gasteiger partial charge in [-0.15, -0.1) is 11.3 Å². The predicted octanol–water partition coefficient (Wildman–Crippen LogP) is 1.74. The molecule has 2 rings (SSSR count). The molecule has 1 unspecified atom stereocenters. The highest BCUT2D eigenvalue weighted by molar-refractivity contribution is 7.09. The van der Waals surface area contributed by atoms with Crippen LogP contribution in [0.5, 0.6) is 0 Å². The lowest BCUT2D eigenvalue weighted by atomic mass is 10.1. The number of hydrazine groups is 1. The molecule has 2 aromatic heterocycles. The summed E-state index contributed by atoms with van der Waals surface area (Å²) in [5.74, 6) is 6.54. The molecule has 5 heteroatoms. The van der Waals surface area contributed by atoms with E-state index in [1.165, 1.54) is 4.88 Å². The topological polar surface area (TPSA) is 64.1 Å². The van der Waals surface area contributed by atoms with Crippen LogP contribution in [-0.4, -0.2) is 11.0 Å². The third-order valence-electron chi connectivity index (χ3n) is 2.49. The van der Waals surface area contributed by atoms with Crippen molar-refractivity contribution in [3.63, 3.8) is 0 Å². The predicted molar refractivity (Wildman–Crippen MR) is 64.0 cm³/mol. The van der Waals surface area contributed by atoms with Gasteiger partial charge in [0.15, 0.2) is 0 Å². The van der Waals surface area contributed by atoms with Crippen molar-refractivity contribution in [1.82, 2.24) is 10.4 Å². The lowest BCUT2D eigenvalue weighted by Gasteiger charge is -2.13. The summed E-state index contributed by atoms with van der Waals surface area (Å²) in [7, 11) is 0. The summed E-state index contributed by atoms with van der Waals surface area (Å²) in [5, 5.41) is 0. The molecule has 0 aliphatic carbocycles. The van der Waals surface area contributed by atoms with E-state index in [-0.39, 0.29) is 6.04 Å². The fraction of sp³-hybridized carbons (Fsp3) is 0.364. The molecule has 0 amide bonds. The van der Waals surface area contributed by atoms with Gasteiger partial charge >= 0.3 is 0 Å². The summed E-state index contributed by atoms with van der Waals surface area (Å²) >= 11 is 1.66. The van der Waals surface area contributed by atoms with Gasteiger partial charge in [-0.2, -0.15) is 0 Å². The second kappa shape index (κ2) is 5.79. The molecule has 2 heterocycles. The van der Waals surface area contributed by atoms with Gasteiger partial charge in [-0.3, -0.25) is 16.3 Å². The Bertz CT molecular complexity index is 385. The van der Waals surface area contributed by atoms with Crippen LogP contribution in [0.25, 0.3) is 0 Å². The van der Waals surface area contributed by atoms with Gasteiger partial charge in [-0.1, -0.05) is 0 Å². The molecule has 2 aromatic rings. The maximum atomic E-state index is 5.53. The number of furan rings is 1. The van der Waals surface area contributed by atoms with E-state index in [0.29, 0.717) is 0 Å². The summed E-state index contributed by atoms with van der Waals surface area (Å²) in [6, 6.07) is 4.16. The van der Waals surface area contributed by atoms with Crippen LogP contribution in [0.15, 0.2) is 34.5 Å². The largest absolute Gasteiger partial charge is 0.469 e. The Kier molecular flexibility index (Phi) is 4.10. The molecule has 0 bridgehead atoms. The Labute approximate surface area is 98.5 Å². The molecular formula is C11H15N3OS. The first-order valence-electron chi connectivity index (χ1n) is 5.24. The number of rotatable bonds is 6. The van der Waals surface area contributed by atoms with Gasteiger partial charge in [-0.25, -0.2) is 0 Å². The fourth-order valence-electron chi connectivity index (χ4n) is 1.60. The van der Waals surface area contributed by atoms with Crippen LogP contribution in [0.3, 0.4) is 0 Å². The molecule has 86 valence electrons. The van der Waals surface area contributed by atoms with Crippen molar-refractivity contribution in [1.29, 1.82) is 0 Å². The molecule has 0 saturated carbocycles. The van der Waals surface area contributed by atoms with E-state index in [1.807, 2.05) is 23.8 Å². The number of nitrogens with one attached hydrogen (secondary N) is 1. The first-order chi connectivity index (χ1) is 7.88. The molecular weight excluding hydrogens is 222 g/mol. The van der Waals surface area contributed by atoms with Gasteiger partial charge in [0.05, 0.1) is 11.8 Å². The minimum Gasteiger partial charge on any atom is -0.469 e. The Morgan fingerprint density at radius 3 is 3.12 bits per heavy atom. The van der Waals surface area contributed by atoms with E-state index in [1.54, 1.807) is 17.6 Å². The van der Waals surface area contributed by atoms with Crippen molar-refractivity contribution in [2.24, 2.45) is 5.84 Å². The van der Waals surface area contributed by atoms with Crippen LogP contribution in [0.1, 0.15) is 17.1 Å². The summed E-state index contributed by atoms with van der Waals surface area (Å²) < 4.78 is 5.29. The highest BCUT2D eigenvalue weighted by Gasteiger charge is 2.09. The monoisotopic (exact) mass is 237 g/mol. The minimum absolute atomic E-state index is 0.269. The van der Waals surface area contributed by atoms with Gasteiger partial charge in [0, 0.05) is 30.0 Å². The van der Waals surface area contributed by atoms with Crippen molar-refractivity contribution in [3.05, 3.63) is 40.7 Å². The maximum absolute atomic E-state index is 5.53. The van der Waals surface area contributed by atoms with Crippen molar-refractivity contribution in [2.45, 2.75) is 25.3 Å². The van der Waals surface area contributed by atoms with E-state index in [0.717, 1.165) is 25.0 Å². The highest BCUT2D eigenvalue weighted by atomic mass is 32.1. The molecule has 0 fully saturated rings. The number of aromatic nitrogens is 1. The molecule has 0 saturated heterocycles. The smallest absolute Gasteiger partial charge is 0.103 e. The number of aryl methyl sites for hydroxylation is 1. The van der Waals surface area contributed by atoms with Gasteiger partial charge in [0.2, 0.25) is 0 Å². The Morgan fingerprint density at radius 1 is 1.56 bits per heavy atom. The molecule has 0 aromatic carbocycles. The molecule has 3 N–H and O–H groups in total. The van der Waals surface area contributed by atoms with Crippen molar-refractivity contribution < 1.29 is 4.42 Å². The van der Waals surface area contributed by atoms with Crippen LogP contribution in [-0.2, 0) is 12.8 Å². The fourth-order valence-corrected chi connectivity index (χ4v) is 2.28. The number of hydrogen-bond donors (Lipinski definition) is 2. The lowest BCUT2D eigenvalue weighted by molar-refractivity contribution is 0.449. The van der Waals surface area contributed by atoms with Gasteiger partial charge in [0.25, 0.3) is 0 Å². The lowest BCUT2D eigenvalue weighted by Crippen LogP contribution is -2.36. The van der Waals surface area contributed by atoms with Gasteiger partial charge in [0.1, 0.15) is 5.76 Å². The Balaban J connectivity index is 1.81. The number of nitrogens with zero attached hydrogens (tertiary/aromatic N) is 1. The first-order valence-corrected chi connectivity index (χ1v) is 6.12. The zero-order valence-electron chi connectivity index (χ0n) is 8.93. The van der Waals surface area contributed by atoms with E-state index in [2.05, 4.69) is 10.4 Å². The van der Waals surface area contributed by atoms with Crippen molar-refractivity contribution in [2.75, 3.05) is 0 Å². The zero-order chi connectivity index (χ0) is 11.2. The van der Waals surface area contributed by atoms with E-state index >= 15 is 0 Å². The van der Waals surface area contributed by atoms with E-state index in [9.17, 15) is 0 Å². The molecule has 1 atom stereocenters. The third-order valence-corrected chi connectivity index (χ3v) is 3.29. The molecule has 0 aliphatic heterocycles. The van der Waals surface area contributed by atoms with Crippen molar-refractivity contribution in [3.8, 4) is 0 Å². The average Bonchev–Trinajstić information content (AvgIpc) is 2.97. The van der Waals surface area contributed by atoms with E-state index < -0.39 is 0 Å². The van der Waals surface area contributed by atoms with Crippen LogP contribution < -0.4 is 11.3 Å². The second-order valence-corrected chi connectivity index (χ2v) is 4.62. The van der Waals surface area contributed by atoms with Gasteiger partial charge in [-0.05, 0) is 18.6 Å².